The van der Waals surface area contributed by atoms with Gasteiger partial charge in [-0.25, -0.2) is 9.59 Å². The number of hydrogen-bond acceptors (Lipinski definition) is 4. The van der Waals surface area contributed by atoms with Gasteiger partial charge in [0.15, 0.2) is 0 Å². The molecule has 0 spiro atoms. The average Bonchev–Trinajstić information content (AvgIpc) is 2.83. The number of nitrogens with one attached hydrogen (secondary N) is 2. The van der Waals surface area contributed by atoms with E-state index < -0.39 is 17.7 Å². The summed E-state index contributed by atoms with van der Waals surface area (Å²) in [6.45, 7) is 0.492. The average molecular weight is 253 g/mol. The van der Waals surface area contributed by atoms with Crippen molar-refractivity contribution in [1.82, 2.24) is 14.9 Å². The molecule has 7 heteroatoms. The summed E-state index contributed by atoms with van der Waals surface area (Å²) in [7, 11) is 1.30. The molecule has 18 heavy (non-hydrogen) atoms. The molecule has 7 nitrogen and oxygen atoms in total. The van der Waals surface area contributed by atoms with Crippen molar-refractivity contribution in [3.05, 3.63) is 22.4 Å². The minimum Gasteiger partial charge on any atom is -0.467 e. The number of amides is 1. The molecule has 1 saturated heterocycles. The normalized spacial score (nSPS) is 19.6. The standard InChI is InChI=1S/C11H15N3O4/c1-18-10(16)8-4-2-3-5-14(8)9(15)7-6-12-11(17)13-7/h6,8H,2-5H2,1H3,(H2,12,13,17). The lowest BCUT2D eigenvalue weighted by Crippen LogP contribution is -2.48. The topological polar surface area (TPSA) is 95.3 Å². The first-order valence-electron chi connectivity index (χ1n) is 5.80. The summed E-state index contributed by atoms with van der Waals surface area (Å²) < 4.78 is 4.70. The van der Waals surface area contributed by atoms with Gasteiger partial charge in [-0.3, -0.25) is 4.79 Å². The van der Waals surface area contributed by atoms with E-state index in [0.717, 1.165) is 12.8 Å². The summed E-state index contributed by atoms with van der Waals surface area (Å²) in [6.07, 6.45) is 3.63. The number of imidazole rings is 1. The minimum absolute atomic E-state index is 0.163. The number of rotatable bonds is 2. The molecule has 2 rings (SSSR count). The molecule has 1 unspecified atom stereocenters. The van der Waals surface area contributed by atoms with Crippen LogP contribution in [0, 0.1) is 0 Å². The lowest BCUT2D eigenvalue weighted by Gasteiger charge is -2.33. The van der Waals surface area contributed by atoms with Crippen LogP contribution in [0.2, 0.25) is 0 Å². The molecule has 0 aliphatic carbocycles. The number of likely N-dealkylation sites (tertiary alicyclic amines) is 1. The predicted molar refractivity (Wildman–Crippen MR) is 62.1 cm³/mol. The first-order chi connectivity index (χ1) is 8.63. The Morgan fingerprint density at radius 1 is 1.44 bits per heavy atom. The molecule has 98 valence electrons. The van der Waals surface area contributed by atoms with Gasteiger partial charge in [0.05, 0.1) is 7.11 Å². The van der Waals surface area contributed by atoms with Gasteiger partial charge in [0.1, 0.15) is 11.7 Å². The first kappa shape index (κ1) is 12.4. The zero-order chi connectivity index (χ0) is 13.1. The van der Waals surface area contributed by atoms with Crippen molar-refractivity contribution >= 4 is 11.9 Å². The molecule has 1 aromatic heterocycles. The van der Waals surface area contributed by atoms with E-state index in [9.17, 15) is 14.4 Å². The van der Waals surface area contributed by atoms with E-state index in [1.54, 1.807) is 0 Å². The summed E-state index contributed by atoms with van der Waals surface area (Å²) in [5, 5.41) is 0. The maximum Gasteiger partial charge on any atom is 0.328 e. The number of H-pyrrole nitrogens is 2. The van der Waals surface area contributed by atoms with E-state index in [4.69, 9.17) is 4.74 Å². The van der Waals surface area contributed by atoms with Crippen molar-refractivity contribution in [3.63, 3.8) is 0 Å². The number of nitrogens with zero attached hydrogens (tertiary/aromatic N) is 1. The highest BCUT2D eigenvalue weighted by Crippen LogP contribution is 2.19. The van der Waals surface area contributed by atoms with E-state index in [2.05, 4.69) is 9.97 Å². The Hall–Kier alpha value is -2.05. The van der Waals surface area contributed by atoms with Crippen LogP contribution in [0.4, 0.5) is 0 Å². The van der Waals surface area contributed by atoms with Gasteiger partial charge in [-0.2, -0.15) is 0 Å². The van der Waals surface area contributed by atoms with Crippen LogP contribution in [0.1, 0.15) is 29.8 Å². The molecule has 1 aliphatic heterocycles. The SMILES string of the molecule is COC(=O)C1CCCCN1C(=O)c1c[nH]c(=O)[nH]1. The van der Waals surface area contributed by atoms with Crippen molar-refractivity contribution in [2.75, 3.05) is 13.7 Å². The third kappa shape index (κ3) is 2.29. The van der Waals surface area contributed by atoms with Gasteiger partial charge >= 0.3 is 11.7 Å². The highest BCUT2D eigenvalue weighted by Gasteiger charge is 2.33. The second-order valence-corrected chi connectivity index (χ2v) is 4.19. The zero-order valence-corrected chi connectivity index (χ0v) is 10.1. The summed E-state index contributed by atoms with van der Waals surface area (Å²) in [5.74, 6) is -0.774. The van der Waals surface area contributed by atoms with Gasteiger partial charge in [0.2, 0.25) is 0 Å². The fourth-order valence-corrected chi connectivity index (χ4v) is 2.16. The molecule has 1 aliphatic rings. The number of aromatic amines is 2. The number of piperidine rings is 1. The minimum atomic E-state index is -0.561. The van der Waals surface area contributed by atoms with Crippen molar-refractivity contribution in [3.8, 4) is 0 Å². The lowest BCUT2D eigenvalue weighted by molar-refractivity contribution is -0.147. The van der Waals surface area contributed by atoms with Crippen LogP contribution in [0.5, 0.6) is 0 Å². The van der Waals surface area contributed by atoms with Crippen LogP contribution in [0.25, 0.3) is 0 Å². The Balaban J connectivity index is 2.21. The number of esters is 1. The summed E-state index contributed by atoms with van der Waals surface area (Å²) >= 11 is 0. The number of hydrogen-bond donors (Lipinski definition) is 2. The second kappa shape index (κ2) is 5.07. The smallest absolute Gasteiger partial charge is 0.328 e. The largest absolute Gasteiger partial charge is 0.467 e. The number of aromatic nitrogens is 2. The summed E-state index contributed by atoms with van der Waals surface area (Å²) in [5.41, 5.74) is -0.277. The maximum atomic E-state index is 12.2. The molecule has 1 aromatic rings. The van der Waals surface area contributed by atoms with E-state index in [-0.39, 0.29) is 11.6 Å². The Morgan fingerprint density at radius 3 is 2.83 bits per heavy atom. The summed E-state index contributed by atoms with van der Waals surface area (Å²) in [6, 6.07) is -0.561. The Morgan fingerprint density at radius 2 is 2.22 bits per heavy atom. The molecule has 1 amide bonds. The van der Waals surface area contributed by atoms with Crippen molar-refractivity contribution in [2.45, 2.75) is 25.3 Å². The Kier molecular flexibility index (Phi) is 3.50. The van der Waals surface area contributed by atoms with Crippen LogP contribution in [-0.2, 0) is 9.53 Å². The van der Waals surface area contributed by atoms with E-state index in [1.165, 1.54) is 18.2 Å². The third-order valence-corrected chi connectivity index (χ3v) is 3.06. The van der Waals surface area contributed by atoms with Crippen LogP contribution < -0.4 is 5.69 Å². The van der Waals surface area contributed by atoms with E-state index >= 15 is 0 Å². The quantitative estimate of drug-likeness (QED) is 0.718. The molecule has 0 bridgehead atoms. The highest BCUT2D eigenvalue weighted by atomic mass is 16.5. The monoisotopic (exact) mass is 253 g/mol. The van der Waals surface area contributed by atoms with Gasteiger partial charge in [0, 0.05) is 12.7 Å². The van der Waals surface area contributed by atoms with Crippen LogP contribution in [-0.4, -0.2) is 46.4 Å². The number of carbonyl (C=O) groups is 2. The molecule has 0 aromatic carbocycles. The fourth-order valence-electron chi connectivity index (χ4n) is 2.16. The van der Waals surface area contributed by atoms with E-state index in [0.29, 0.717) is 13.0 Å². The van der Waals surface area contributed by atoms with Gasteiger partial charge < -0.3 is 19.6 Å². The molecule has 0 saturated carbocycles. The first-order valence-corrected chi connectivity index (χ1v) is 5.80. The van der Waals surface area contributed by atoms with Crippen molar-refractivity contribution in [1.29, 1.82) is 0 Å². The third-order valence-electron chi connectivity index (χ3n) is 3.06. The second-order valence-electron chi connectivity index (χ2n) is 4.19. The summed E-state index contributed by atoms with van der Waals surface area (Å²) in [4.78, 5) is 41.0. The number of carbonyl (C=O) groups excluding carboxylic acids is 2. The lowest BCUT2D eigenvalue weighted by atomic mass is 10.0. The maximum absolute atomic E-state index is 12.2. The molecule has 1 fully saturated rings. The Bertz CT molecular complexity index is 504. The molecular formula is C11H15N3O4. The molecule has 2 N–H and O–H groups in total. The van der Waals surface area contributed by atoms with Crippen molar-refractivity contribution in [2.24, 2.45) is 0 Å². The van der Waals surface area contributed by atoms with Gasteiger partial charge in [0.25, 0.3) is 5.91 Å². The molecule has 1 atom stereocenters. The highest BCUT2D eigenvalue weighted by molar-refractivity contribution is 5.95. The van der Waals surface area contributed by atoms with Gasteiger partial charge in [-0.05, 0) is 19.3 Å². The number of methoxy groups -OCH3 is 1. The molecule has 0 radical (unpaired) electrons. The molecular weight excluding hydrogens is 238 g/mol. The number of ether oxygens (including phenoxy) is 1. The van der Waals surface area contributed by atoms with Crippen molar-refractivity contribution < 1.29 is 14.3 Å². The van der Waals surface area contributed by atoms with Crippen LogP contribution in [0.15, 0.2) is 11.0 Å². The Labute approximate surface area is 103 Å². The van der Waals surface area contributed by atoms with E-state index in [1.807, 2.05) is 0 Å². The van der Waals surface area contributed by atoms with Gasteiger partial charge in [-0.15, -0.1) is 0 Å². The molecule has 2 heterocycles. The van der Waals surface area contributed by atoms with Crippen LogP contribution >= 0.6 is 0 Å². The predicted octanol–water partition coefficient (Wildman–Crippen LogP) is -0.129. The van der Waals surface area contributed by atoms with Gasteiger partial charge in [-0.1, -0.05) is 0 Å². The fraction of sp³-hybridized carbons (Fsp3) is 0.545. The zero-order valence-electron chi connectivity index (χ0n) is 10.1. The van der Waals surface area contributed by atoms with Crippen LogP contribution in [0.3, 0.4) is 0 Å².